The van der Waals surface area contributed by atoms with E-state index in [0.717, 1.165) is 46.7 Å². The Bertz CT molecular complexity index is 1430. The second-order valence-electron chi connectivity index (χ2n) is 9.07. The molecule has 0 saturated heterocycles. The van der Waals surface area contributed by atoms with Crippen LogP contribution in [0.4, 0.5) is 0 Å². The van der Waals surface area contributed by atoms with Crippen molar-refractivity contribution in [3.05, 3.63) is 89.8 Å². The minimum Gasteiger partial charge on any atom is -0.497 e. The molecule has 1 aliphatic heterocycles. The molecule has 9 nitrogen and oxygen atoms in total. The molecule has 1 aromatic heterocycles. The summed E-state index contributed by atoms with van der Waals surface area (Å²) in [6.07, 6.45) is 2.25. The average molecular weight is 527 g/mol. The summed E-state index contributed by atoms with van der Waals surface area (Å²) in [5.41, 5.74) is 3.50. The molecule has 0 saturated carbocycles. The van der Waals surface area contributed by atoms with Crippen molar-refractivity contribution in [3.63, 3.8) is 0 Å². The Hall–Kier alpha value is -4.66. The molecule has 0 radical (unpaired) electrons. The quantitative estimate of drug-likeness (QED) is 0.270. The number of nitrogens with zero attached hydrogens (tertiary/aromatic N) is 4. The second kappa shape index (κ2) is 11.8. The SMILES string of the molecule is CCCc1nnc(-c2ccc(OCC(=O)N3N=C(c4ccc(OC)cc4)CC3c3ccc(OC)cc3)cc2)o1. The molecule has 0 aliphatic carbocycles. The van der Waals surface area contributed by atoms with Crippen molar-refractivity contribution in [2.75, 3.05) is 20.8 Å². The van der Waals surface area contributed by atoms with Gasteiger partial charge in [-0.15, -0.1) is 10.2 Å². The highest BCUT2D eigenvalue weighted by atomic mass is 16.5. The molecule has 2 heterocycles. The van der Waals surface area contributed by atoms with E-state index in [9.17, 15) is 4.79 Å². The van der Waals surface area contributed by atoms with E-state index < -0.39 is 0 Å². The van der Waals surface area contributed by atoms with Crippen LogP contribution in [0.15, 0.2) is 82.3 Å². The zero-order valence-corrected chi connectivity index (χ0v) is 22.2. The molecule has 0 bridgehead atoms. The zero-order valence-electron chi connectivity index (χ0n) is 22.2. The first-order valence-corrected chi connectivity index (χ1v) is 12.8. The number of aryl methyl sites for hydroxylation is 1. The summed E-state index contributed by atoms with van der Waals surface area (Å²) in [6, 6.07) is 22.3. The Morgan fingerprint density at radius 2 is 1.49 bits per heavy atom. The van der Waals surface area contributed by atoms with Gasteiger partial charge in [-0.1, -0.05) is 19.1 Å². The predicted octanol–water partition coefficient (Wildman–Crippen LogP) is 5.46. The summed E-state index contributed by atoms with van der Waals surface area (Å²) in [6.45, 7) is 1.90. The number of hydrazone groups is 1. The van der Waals surface area contributed by atoms with E-state index in [4.69, 9.17) is 23.7 Å². The zero-order chi connectivity index (χ0) is 27.2. The predicted molar refractivity (Wildman–Crippen MR) is 146 cm³/mol. The van der Waals surface area contributed by atoms with Crippen LogP contribution < -0.4 is 14.2 Å². The van der Waals surface area contributed by atoms with Crippen molar-refractivity contribution >= 4 is 11.6 Å². The van der Waals surface area contributed by atoms with Crippen LogP contribution in [0.25, 0.3) is 11.5 Å². The molecule has 1 amide bonds. The van der Waals surface area contributed by atoms with Crippen LogP contribution in [0.1, 0.15) is 42.8 Å². The van der Waals surface area contributed by atoms with E-state index in [1.54, 1.807) is 26.4 Å². The van der Waals surface area contributed by atoms with Crippen LogP contribution in [0, 0.1) is 0 Å². The molecule has 3 aromatic carbocycles. The van der Waals surface area contributed by atoms with Gasteiger partial charge in [-0.3, -0.25) is 4.79 Å². The van der Waals surface area contributed by atoms with Gasteiger partial charge in [0.25, 0.3) is 5.91 Å². The lowest BCUT2D eigenvalue weighted by Gasteiger charge is -2.22. The highest BCUT2D eigenvalue weighted by Gasteiger charge is 2.33. The summed E-state index contributed by atoms with van der Waals surface area (Å²) in [7, 11) is 3.26. The lowest BCUT2D eigenvalue weighted by atomic mass is 9.98. The molecule has 5 rings (SSSR count). The van der Waals surface area contributed by atoms with Gasteiger partial charge in [-0.25, -0.2) is 5.01 Å². The van der Waals surface area contributed by atoms with E-state index >= 15 is 0 Å². The standard InChI is InChI=1S/C30H30N4O5/c1-4-5-28-31-32-30(39-28)22-10-16-25(17-11-22)38-19-29(35)34-27(21-8-14-24(37-3)15-9-21)18-26(33-34)20-6-12-23(36-2)13-7-20/h6-17,27H,4-5,18-19H2,1-3H3. The smallest absolute Gasteiger partial charge is 0.281 e. The van der Waals surface area contributed by atoms with Gasteiger partial charge in [0.1, 0.15) is 17.2 Å². The first-order chi connectivity index (χ1) is 19.1. The second-order valence-corrected chi connectivity index (χ2v) is 9.07. The number of benzene rings is 3. The molecule has 4 aromatic rings. The number of aromatic nitrogens is 2. The van der Waals surface area contributed by atoms with Crippen LogP contribution in [-0.4, -0.2) is 47.7 Å². The lowest BCUT2D eigenvalue weighted by Crippen LogP contribution is -2.31. The summed E-state index contributed by atoms with van der Waals surface area (Å²) in [5, 5.41) is 14.4. The number of hydrogen-bond acceptors (Lipinski definition) is 8. The molecule has 0 spiro atoms. The molecule has 200 valence electrons. The molecule has 1 atom stereocenters. The van der Waals surface area contributed by atoms with Crippen molar-refractivity contribution in [1.29, 1.82) is 0 Å². The van der Waals surface area contributed by atoms with Gasteiger partial charge < -0.3 is 18.6 Å². The van der Waals surface area contributed by atoms with Gasteiger partial charge in [-0.2, -0.15) is 5.10 Å². The van der Waals surface area contributed by atoms with E-state index in [1.165, 1.54) is 5.01 Å². The van der Waals surface area contributed by atoms with Gasteiger partial charge in [0.05, 0.1) is 26.0 Å². The highest BCUT2D eigenvalue weighted by molar-refractivity contribution is 6.03. The summed E-state index contributed by atoms with van der Waals surface area (Å²) >= 11 is 0. The third kappa shape index (κ3) is 5.93. The lowest BCUT2D eigenvalue weighted by molar-refractivity contribution is -0.135. The van der Waals surface area contributed by atoms with Crippen LogP contribution in [0.3, 0.4) is 0 Å². The summed E-state index contributed by atoms with van der Waals surface area (Å²) in [4.78, 5) is 13.4. The molecule has 0 fully saturated rings. The number of amides is 1. The Morgan fingerprint density at radius 1 is 0.872 bits per heavy atom. The highest BCUT2D eigenvalue weighted by Crippen LogP contribution is 2.34. The largest absolute Gasteiger partial charge is 0.497 e. The Labute approximate surface area is 227 Å². The summed E-state index contributed by atoms with van der Waals surface area (Å²) < 4.78 is 22.1. The fraction of sp³-hybridized carbons (Fsp3) is 0.267. The monoisotopic (exact) mass is 526 g/mol. The van der Waals surface area contributed by atoms with E-state index in [0.29, 0.717) is 24.0 Å². The van der Waals surface area contributed by atoms with Crippen LogP contribution in [0.2, 0.25) is 0 Å². The van der Waals surface area contributed by atoms with Gasteiger partial charge in [-0.05, 0) is 78.2 Å². The minimum atomic E-state index is -0.263. The number of carbonyl (C=O) groups is 1. The molecule has 39 heavy (non-hydrogen) atoms. The molecule has 1 aliphatic rings. The Balaban J connectivity index is 1.30. The topological polar surface area (TPSA) is 99.3 Å². The fourth-order valence-corrected chi connectivity index (χ4v) is 4.37. The van der Waals surface area contributed by atoms with Crippen molar-refractivity contribution in [1.82, 2.24) is 15.2 Å². The van der Waals surface area contributed by atoms with Crippen molar-refractivity contribution in [2.45, 2.75) is 32.2 Å². The van der Waals surface area contributed by atoms with Crippen LogP contribution >= 0.6 is 0 Å². The molecule has 9 heteroatoms. The number of carbonyl (C=O) groups excluding carboxylic acids is 1. The Morgan fingerprint density at radius 3 is 2.13 bits per heavy atom. The van der Waals surface area contributed by atoms with Gasteiger partial charge in [0.2, 0.25) is 11.8 Å². The summed E-state index contributed by atoms with van der Waals surface area (Å²) in [5.74, 6) is 2.90. The van der Waals surface area contributed by atoms with Crippen molar-refractivity contribution < 1.29 is 23.4 Å². The number of rotatable bonds is 10. The van der Waals surface area contributed by atoms with Crippen molar-refractivity contribution in [3.8, 4) is 28.7 Å². The molecular weight excluding hydrogens is 496 g/mol. The van der Waals surface area contributed by atoms with E-state index in [1.807, 2.05) is 60.7 Å². The van der Waals surface area contributed by atoms with Crippen LogP contribution in [0.5, 0.6) is 17.2 Å². The number of methoxy groups -OCH3 is 2. The maximum Gasteiger partial charge on any atom is 0.281 e. The third-order valence-electron chi connectivity index (χ3n) is 6.48. The first-order valence-electron chi connectivity index (χ1n) is 12.8. The molecule has 0 N–H and O–H groups in total. The van der Waals surface area contributed by atoms with E-state index in [-0.39, 0.29) is 18.6 Å². The third-order valence-corrected chi connectivity index (χ3v) is 6.48. The maximum absolute atomic E-state index is 13.4. The Kier molecular flexibility index (Phi) is 7.86. The van der Waals surface area contributed by atoms with E-state index in [2.05, 4.69) is 17.1 Å². The molecular formula is C30H30N4O5. The molecule has 1 unspecified atom stereocenters. The minimum absolute atomic E-state index is 0.160. The number of ether oxygens (including phenoxy) is 3. The number of hydrogen-bond donors (Lipinski definition) is 0. The van der Waals surface area contributed by atoms with Gasteiger partial charge in [0, 0.05) is 18.4 Å². The van der Waals surface area contributed by atoms with Gasteiger partial charge in [0.15, 0.2) is 6.61 Å². The maximum atomic E-state index is 13.4. The fourth-order valence-electron chi connectivity index (χ4n) is 4.37. The first kappa shape index (κ1) is 26.0. The van der Waals surface area contributed by atoms with Crippen molar-refractivity contribution in [2.24, 2.45) is 5.10 Å². The normalized spacial score (nSPS) is 14.7. The van der Waals surface area contributed by atoms with Crippen LogP contribution in [-0.2, 0) is 11.2 Å². The van der Waals surface area contributed by atoms with Gasteiger partial charge >= 0.3 is 0 Å². The average Bonchev–Trinajstić information content (AvgIpc) is 3.65.